The van der Waals surface area contributed by atoms with Crippen LogP contribution in [0.5, 0.6) is 0 Å². The van der Waals surface area contributed by atoms with Gasteiger partial charge in [0.25, 0.3) is 0 Å². The predicted octanol–water partition coefficient (Wildman–Crippen LogP) is -3.92. The van der Waals surface area contributed by atoms with Crippen molar-refractivity contribution in [3.8, 4) is 0 Å². The molecular weight excluding hydrogens is 396 g/mol. The van der Waals surface area contributed by atoms with Gasteiger partial charge in [0.15, 0.2) is 6.29 Å². The molecule has 3 aliphatic rings. The van der Waals surface area contributed by atoms with E-state index in [1.165, 1.54) is 6.92 Å². The molecule has 2 heterocycles. The highest BCUT2D eigenvalue weighted by molar-refractivity contribution is 5.91. The molecule has 29 heavy (non-hydrogen) atoms. The maximum atomic E-state index is 12.1. The smallest absolute Gasteiger partial charge is 0.339 e. The molecule has 1 aliphatic carbocycles. The number of carbonyl (C=O) groups excluding carboxylic acids is 1. The summed E-state index contributed by atoms with van der Waals surface area (Å²) in [5, 5.41) is 71.5. The summed E-state index contributed by atoms with van der Waals surface area (Å²) in [5.74, 6) is -2.41. The van der Waals surface area contributed by atoms with E-state index < -0.39 is 78.4 Å². The SMILES string of the molecule is COC(=O)C1=CO[C@H](O[C@H]2O[C@@H](CO)[C@H](O)[C@@H](O)[C@@H]2O)[C@@H]2[C@@]1(O)[C@@H](O)C[C@@]2(C)O. The van der Waals surface area contributed by atoms with Crippen LogP contribution in [-0.4, -0.2) is 110 Å². The molecule has 0 aromatic rings. The average Bonchev–Trinajstić information content (AvgIpc) is 2.86. The molecule has 166 valence electrons. The van der Waals surface area contributed by atoms with E-state index in [9.17, 15) is 40.5 Å². The van der Waals surface area contributed by atoms with Gasteiger partial charge in [-0.15, -0.1) is 0 Å². The molecule has 0 spiro atoms. The van der Waals surface area contributed by atoms with Gasteiger partial charge in [-0.05, 0) is 6.92 Å². The van der Waals surface area contributed by atoms with Gasteiger partial charge in [-0.3, -0.25) is 0 Å². The first kappa shape index (κ1) is 22.3. The first-order valence-corrected chi connectivity index (χ1v) is 9.02. The van der Waals surface area contributed by atoms with Crippen LogP contribution in [0, 0.1) is 5.92 Å². The van der Waals surface area contributed by atoms with Crippen LogP contribution in [0.4, 0.5) is 0 Å². The van der Waals surface area contributed by atoms with Crippen molar-refractivity contribution < 1.29 is 59.5 Å². The quantitative estimate of drug-likeness (QED) is 0.218. The summed E-state index contributed by atoms with van der Waals surface area (Å²) >= 11 is 0. The third-order valence-electron chi connectivity index (χ3n) is 5.80. The highest BCUT2D eigenvalue weighted by atomic mass is 16.8. The van der Waals surface area contributed by atoms with Gasteiger partial charge in [-0.1, -0.05) is 0 Å². The number of aliphatic hydroxyl groups excluding tert-OH is 5. The largest absolute Gasteiger partial charge is 0.471 e. The van der Waals surface area contributed by atoms with E-state index >= 15 is 0 Å². The summed E-state index contributed by atoms with van der Waals surface area (Å²) in [5.41, 5.74) is -4.50. The third kappa shape index (κ3) is 3.44. The summed E-state index contributed by atoms with van der Waals surface area (Å²) in [6.07, 6.45) is -10.6. The van der Waals surface area contributed by atoms with Crippen molar-refractivity contribution in [2.24, 2.45) is 5.92 Å². The summed E-state index contributed by atoms with van der Waals surface area (Å²) in [6, 6.07) is 0. The Morgan fingerprint density at radius 1 is 1.17 bits per heavy atom. The maximum Gasteiger partial charge on any atom is 0.339 e. The zero-order valence-electron chi connectivity index (χ0n) is 15.8. The number of esters is 1. The van der Waals surface area contributed by atoms with Crippen LogP contribution in [0.15, 0.2) is 11.8 Å². The number of fused-ring (bicyclic) bond motifs is 1. The van der Waals surface area contributed by atoms with Crippen LogP contribution in [-0.2, 0) is 23.7 Å². The second-order valence-electron chi connectivity index (χ2n) is 7.74. The molecule has 0 amide bonds. The van der Waals surface area contributed by atoms with Gasteiger partial charge in [0.05, 0.1) is 31.3 Å². The molecule has 0 radical (unpaired) electrons. The van der Waals surface area contributed by atoms with Gasteiger partial charge >= 0.3 is 5.97 Å². The second kappa shape index (κ2) is 7.72. The topological polar surface area (TPSA) is 196 Å². The highest BCUT2D eigenvalue weighted by Gasteiger charge is 2.68. The summed E-state index contributed by atoms with van der Waals surface area (Å²) < 4.78 is 20.7. The van der Waals surface area contributed by atoms with Crippen molar-refractivity contribution in [1.29, 1.82) is 0 Å². The van der Waals surface area contributed by atoms with Gasteiger partial charge in [0.1, 0.15) is 41.9 Å². The van der Waals surface area contributed by atoms with E-state index in [0.717, 1.165) is 13.4 Å². The molecule has 12 nitrogen and oxygen atoms in total. The zero-order chi connectivity index (χ0) is 21.7. The van der Waals surface area contributed by atoms with Gasteiger partial charge in [-0.2, -0.15) is 0 Å². The Bertz CT molecular complexity index is 663. The number of methoxy groups -OCH3 is 1. The Morgan fingerprint density at radius 2 is 1.83 bits per heavy atom. The minimum absolute atomic E-state index is 0.333. The molecule has 2 fully saturated rings. The van der Waals surface area contributed by atoms with E-state index in [-0.39, 0.29) is 6.42 Å². The van der Waals surface area contributed by atoms with E-state index in [4.69, 9.17) is 14.2 Å². The van der Waals surface area contributed by atoms with Crippen molar-refractivity contribution in [1.82, 2.24) is 0 Å². The number of ether oxygens (including phenoxy) is 4. The van der Waals surface area contributed by atoms with Crippen molar-refractivity contribution in [3.63, 3.8) is 0 Å². The standard InChI is InChI=1S/C17H26O12/c1-16(24)3-8(19)17(25)6(13(23)26-2)5-27-15(12(16)17)29-14-11(22)10(21)9(20)7(4-18)28-14/h5,7-12,14-15,18-22,24-25H,3-4H2,1-2H3/t7-,8-,9-,10+,11-,12-,14+,15+,16+,17-/m0/s1. The lowest BCUT2D eigenvalue weighted by Crippen LogP contribution is -2.63. The van der Waals surface area contributed by atoms with Gasteiger partial charge in [0.2, 0.25) is 6.29 Å². The first-order chi connectivity index (χ1) is 13.5. The van der Waals surface area contributed by atoms with Gasteiger partial charge in [0, 0.05) is 6.42 Å². The second-order valence-corrected chi connectivity index (χ2v) is 7.74. The zero-order valence-corrected chi connectivity index (χ0v) is 15.8. The minimum Gasteiger partial charge on any atom is -0.471 e. The Balaban J connectivity index is 1.92. The maximum absolute atomic E-state index is 12.1. The molecule has 10 atom stereocenters. The lowest BCUT2D eigenvalue weighted by molar-refractivity contribution is -0.352. The molecular formula is C17H26O12. The number of carbonyl (C=O) groups is 1. The molecule has 3 rings (SSSR count). The summed E-state index contributed by atoms with van der Waals surface area (Å²) in [6.45, 7) is 0.610. The molecule has 7 N–H and O–H groups in total. The van der Waals surface area contributed by atoms with Crippen LogP contribution < -0.4 is 0 Å². The van der Waals surface area contributed by atoms with E-state index in [0.29, 0.717) is 0 Å². The number of hydrogen-bond donors (Lipinski definition) is 7. The number of rotatable bonds is 4. The third-order valence-corrected chi connectivity index (χ3v) is 5.80. The Kier molecular flexibility index (Phi) is 5.95. The normalized spacial score (nSPS) is 49.8. The number of hydrogen-bond acceptors (Lipinski definition) is 12. The highest BCUT2D eigenvalue weighted by Crippen LogP contribution is 2.52. The van der Waals surface area contributed by atoms with Crippen LogP contribution in [0.3, 0.4) is 0 Å². The fourth-order valence-electron chi connectivity index (χ4n) is 4.26. The molecule has 0 bridgehead atoms. The Morgan fingerprint density at radius 3 is 2.41 bits per heavy atom. The molecule has 0 aromatic heterocycles. The van der Waals surface area contributed by atoms with Crippen LogP contribution >= 0.6 is 0 Å². The lowest BCUT2D eigenvalue weighted by Gasteiger charge is -2.46. The fraction of sp³-hybridized carbons (Fsp3) is 0.824. The van der Waals surface area contributed by atoms with Crippen molar-refractivity contribution in [2.75, 3.05) is 13.7 Å². The van der Waals surface area contributed by atoms with Crippen molar-refractivity contribution >= 4 is 5.97 Å². The molecule has 1 saturated heterocycles. The van der Waals surface area contributed by atoms with E-state index in [2.05, 4.69) is 4.74 Å². The van der Waals surface area contributed by atoms with E-state index in [1.807, 2.05) is 0 Å². The predicted molar refractivity (Wildman–Crippen MR) is 89.5 cm³/mol. The Labute approximate surface area is 165 Å². The van der Waals surface area contributed by atoms with Crippen LogP contribution in [0.2, 0.25) is 0 Å². The molecule has 0 unspecified atom stereocenters. The Hall–Kier alpha value is -1.35. The van der Waals surface area contributed by atoms with Gasteiger partial charge in [-0.25, -0.2) is 4.79 Å². The minimum atomic E-state index is -2.30. The fourth-order valence-corrected chi connectivity index (χ4v) is 4.26. The monoisotopic (exact) mass is 422 g/mol. The molecule has 0 aromatic carbocycles. The van der Waals surface area contributed by atoms with Crippen LogP contribution in [0.25, 0.3) is 0 Å². The van der Waals surface area contributed by atoms with Crippen LogP contribution in [0.1, 0.15) is 13.3 Å². The number of aliphatic hydroxyl groups is 7. The molecule has 1 saturated carbocycles. The summed E-state index contributed by atoms with van der Waals surface area (Å²) in [4.78, 5) is 12.1. The van der Waals surface area contributed by atoms with Gasteiger partial charge < -0.3 is 54.7 Å². The lowest BCUT2D eigenvalue weighted by atomic mass is 9.76. The molecule has 12 heteroatoms. The average molecular weight is 422 g/mol. The molecule has 2 aliphatic heterocycles. The van der Waals surface area contributed by atoms with Crippen molar-refractivity contribution in [3.05, 3.63) is 11.8 Å². The van der Waals surface area contributed by atoms with E-state index in [1.54, 1.807) is 0 Å². The first-order valence-electron chi connectivity index (χ1n) is 9.02. The summed E-state index contributed by atoms with van der Waals surface area (Å²) in [7, 11) is 1.07. The van der Waals surface area contributed by atoms with Crippen molar-refractivity contribution in [2.45, 2.75) is 67.6 Å².